The minimum atomic E-state index is 1.29. The molecule has 0 atom stereocenters. The maximum atomic E-state index is 2.22. The van der Waals surface area contributed by atoms with E-state index in [0.29, 0.717) is 0 Å². The van der Waals surface area contributed by atoms with Crippen LogP contribution in [-0.2, 0) is 0 Å². The van der Waals surface area contributed by atoms with Gasteiger partial charge in [-0.2, -0.15) is 0 Å². The molecule has 0 saturated carbocycles. The van der Waals surface area contributed by atoms with E-state index in [1.165, 1.54) is 29.3 Å². The molecule has 0 unspecified atom stereocenters. The third-order valence-electron chi connectivity index (χ3n) is 3.41. The smallest absolute Gasteiger partial charge is 0.0449 e. The first kappa shape index (κ1) is 15.8. The molecular formula is C20H14S4. The van der Waals surface area contributed by atoms with E-state index in [4.69, 9.17) is 0 Å². The highest BCUT2D eigenvalue weighted by Crippen LogP contribution is 2.35. The van der Waals surface area contributed by atoms with Gasteiger partial charge in [-0.3, -0.25) is 0 Å². The fraction of sp³-hybridized carbons (Fsp3) is 0. The van der Waals surface area contributed by atoms with Gasteiger partial charge in [0, 0.05) is 29.3 Å². The second-order valence-corrected chi connectivity index (χ2v) is 9.29. The number of hydrogen-bond donors (Lipinski definition) is 0. The largest absolute Gasteiger partial charge is 0.144 e. The van der Waals surface area contributed by atoms with Gasteiger partial charge in [0.2, 0.25) is 0 Å². The number of rotatable bonds is 5. The normalized spacial score (nSPS) is 11.8. The Balaban J connectivity index is 1.48. The highest BCUT2D eigenvalue weighted by atomic mass is 32.1. The Hall–Kier alpha value is -1.72. The standard InChI is InChI=1S/C20H14S4/c1-3-15(21-13-1)5-7-17-9-11-19(23-17)20-12-10-18(24-20)8-6-16-4-2-14-22-16/h1-14H/b7-5+,8-6+. The van der Waals surface area contributed by atoms with E-state index in [1.54, 1.807) is 22.7 Å². The van der Waals surface area contributed by atoms with Crippen LogP contribution in [0.4, 0.5) is 0 Å². The van der Waals surface area contributed by atoms with Crippen LogP contribution in [0.2, 0.25) is 0 Å². The molecule has 0 N–H and O–H groups in total. The predicted octanol–water partition coefficient (Wildman–Crippen LogP) is 7.94. The molecule has 0 radical (unpaired) electrons. The molecule has 4 aromatic heterocycles. The van der Waals surface area contributed by atoms with Gasteiger partial charge < -0.3 is 0 Å². The molecule has 4 aromatic rings. The van der Waals surface area contributed by atoms with Crippen LogP contribution in [0, 0.1) is 0 Å². The van der Waals surface area contributed by atoms with E-state index < -0.39 is 0 Å². The first-order valence-electron chi connectivity index (χ1n) is 7.50. The first-order valence-corrected chi connectivity index (χ1v) is 10.9. The van der Waals surface area contributed by atoms with Crippen LogP contribution in [-0.4, -0.2) is 0 Å². The van der Waals surface area contributed by atoms with Gasteiger partial charge >= 0.3 is 0 Å². The average molecular weight is 383 g/mol. The predicted molar refractivity (Wildman–Crippen MR) is 114 cm³/mol. The third kappa shape index (κ3) is 3.84. The van der Waals surface area contributed by atoms with Gasteiger partial charge in [0.25, 0.3) is 0 Å². The summed E-state index contributed by atoms with van der Waals surface area (Å²) < 4.78 is 0. The number of hydrogen-bond acceptors (Lipinski definition) is 4. The maximum Gasteiger partial charge on any atom is 0.0449 e. The maximum absolute atomic E-state index is 2.22. The summed E-state index contributed by atoms with van der Waals surface area (Å²) in [4.78, 5) is 7.84. The van der Waals surface area contributed by atoms with Crippen LogP contribution < -0.4 is 0 Å². The van der Waals surface area contributed by atoms with E-state index in [-0.39, 0.29) is 0 Å². The Labute approximate surface area is 157 Å². The highest BCUT2D eigenvalue weighted by molar-refractivity contribution is 7.23. The zero-order valence-corrected chi connectivity index (χ0v) is 16.0. The van der Waals surface area contributed by atoms with Crippen LogP contribution in [0.3, 0.4) is 0 Å². The Morgan fingerprint density at radius 1 is 0.500 bits per heavy atom. The van der Waals surface area contributed by atoms with Crippen molar-refractivity contribution in [1.82, 2.24) is 0 Å². The molecule has 0 bridgehead atoms. The van der Waals surface area contributed by atoms with Crippen molar-refractivity contribution >= 4 is 69.7 Å². The lowest BCUT2D eigenvalue weighted by atomic mass is 10.3. The van der Waals surface area contributed by atoms with Crippen molar-refractivity contribution in [3.63, 3.8) is 0 Å². The lowest BCUT2D eigenvalue weighted by Crippen LogP contribution is -1.58. The molecule has 0 amide bonds. The summed E-state index contributed by atoms with van der Waals surface area (Å²) in [7, 11) is 0. The summed E-state index contributed by atoms with van der Waals surface area (Å²) in [6, 6.07) is 17.3. The minimum Gasteiger partial charge on any atom is -0.144 e. The molecule has 0 nitrogen and oxygen atoms in total. The molecule has 118 valence electrons. The second kappa shape index (κ2) is 7.45. The zero-order chi connectivity index (χ0) is 16.2. The third-order valence-corrected chi connectivity index (χ3v) is 7.38. The monoisotopic (exact) mass is 382 g/mol. The summed E-state index contributed by atoms with van der Waals surface area (Å²) in [5.74, 6) is 0. The molecule has 0 spiro atoms. The summed E-state index contributed by atoms with van der Waals surface area (Å²) in [5.41, 5.74) is 0. The van der Waals surface area contributed by atoms with Gasteiger partial charge in [0.1, 0.15) is 0 Å². The topological polar surface area (TPSA) is 0 Å². The van der Waals surface area contributed by atoms with Crippen LogP contribution in [0.15, 0.2) is 59.3 Å². The Kier molecular flexibility index (Phi) is 4.90. The van der Waals surface area contributed by atoms with Crippen LogP contribution >= 0.6 is 45.3 Å². The van der Waals surface area contributed by atoms with Gasteiger partial charge in [-0.25, -0.2) is 0 Å². The van der Waals surface area contributed by atoms with Crippen LogP contribution in [0.5, 0.6) is 0 Å². The summed E-state index contributed by atoms with van der Waals surface area (Å²) >= 11 is 7.22. The molecule has 0 aliphatic rings. The first-order chi connectivity index (χ1) is 11.9. The van der Waals surface area contributed by atoms with Crippen molar-refractivity contribution < 1.29 is 0 Å². The molecule has 4 heteroatoms. The zero-order valence-electron chi connectivity index (χ0n) is 12.7. The van der Waals surface area contributed by atoms with Crippen LogP contribution in [0.1, 0.15) is 19.5 Å². The van der Waals surface area contributed by atoms with Crippen LogP contribution in [0.25, 0.3) is 34.1 Å². The van der Waals surface area contributed by atoms with E-state index in [2.05, 4.69) is 83.6 Å². The summed E-state index contributed by atoms with van der Waals surface area (Å²) in [6.07, 6.45) is 8.77. The quantitative estimate of drug-likeness (QED) is 0.328. The lowest BCUT2D eigenvalue weighted by molar-refractivity contribution is 1.90. The van der Waals surface area contributed by atoms with Crippen molar-refractivity contribution in [2.45, 2.75) is 0 Å². The Bertz CT molecular complexity index is 867. The molecule has 0 fully saturated rings. The molecule has 4 heterocycles. The minimum absolute atomic E-state index is 1.29. The molecular weight excluding hydrogens is 368 g/mol. The summed E-state index contributed by atoms with van der Waals surface area (Å²) in [6.45, 7) is 0. The second-order valence-electron chi connectivity index (χ2n) is 5.10. The van der Waals surface area contributed by atoms with E-state index in [0.717, 1.165) is 0 Å². The fourth-order valence-electron chi connectivity index (χ4n) is 2.25. The molecule has 24 heavy (non-hydrogen) atoms. The lowest BCUT2D eigenvalue weighted by Gasteiger charge is -1.89. The molecule has 0 aliphatic carbocycles. The van der Waals surface area contributed by atoms with Gasteiger partial charge in [-0.05, 0) is 71.5 Å². The van der Waals surface area contributed by atoms with Gasteiger partial charge in [0.05, 0.1) is 0 Å². The van der Waals surface area contributed by atoms with E-state index >= 15 is 0 Å². The molecule has 4 rings (SSSR count). The van der Waals surface area contributed by atoms with Crippen molar-refractivity contribution in [3.8, 4) is 9.75 Å². The highest BCUT2D eigenvalue weighted by Gasteiger charge is 2.04. The van der Waals surface area contributed by atoms with Gasteiger partial charge in [-0.15, -0.1) is 45.3 Å². The molecule has 0 aromatic carbocycles. The SMILES string of the molecule is C(=C\c1ccc(-c2ccc(/C=C/c3cccs3)s2)s1)/c1cccs1. The van der Waals surface area contributed by atoms with Crippen molar-refractivity contribution in [2.75, 3.05) is 0 Å². The Morgan fingerprint density at radius 3 is 1.38 bits per heavy atom. The van der Waals surface area contributed by atoms with Gasteiger partial charge in [0.15, 0.2) is 0 Å². The van der Waals surface area contributed by atoms with Gasteiger partial charge in [-0.1, -0.05) is 12.1 Å². The van der Waals surface area contributed by atoms with E-state index in [1.807, 2.05) is 22.7 Å². The average Bonchev–Trinajstić information content (AvgIpc) is 3.40. The van der Waals surface area contributed by atoms with Crippen molar-refractivity contribution in [3.05, 3.63) is 78.8 Å². The Morgan fingerprint density at radius 2 is 0.958 bits per heavy atom. The fourth-order valence-corrected chi connectivity index (χ4v) is 5.40. The van der Waals surface area contributed by atoms with Crippen molar-refractivity contribution in [2.24, 2.45) is 0 Å². The molecule has 0 saturated heterocycles. The van der Waals surface area contributed by atoms with Crippen molar-refractivity contribution in [1.29, 1.82) is 0 Å². The van der Waals surface area contributed by atoms with E-state index in [9.17, 15) is 0 Å². The molecule has 0 aliphatic heterocycles. The number of thiophene rings is 4. The summed E-state index contributed by atoms with van der Waals surface area (Å²) in [5, 5.41) is 4.22.